The third kappa shape index (κ3) is 4.58. The predicted molar refractivity (Wildman–Crippen MR) is 112 cm³/mol. The maximum Gasteiger partial charge on any atom is 0.342 e. The molecular weight excluding hydrogens is 427 g/mol. The summed E-state index contributed by atoms with van der Waals surface area (Å²) in [5.74, 6) is -1.84. The lowest BCUT2D eigenvalue weighted by Gasteiger charge is -2.10. The Morgan fingerprint density at radius 3 is 2.61 bits per heavy atom. The average Bonchev–Trinajstić information content (AvgIpc) is 3.13. The maximum absolute atomic E-state index is 13.4. The monoisotopic (exact) mass is 445 g/mol. The molecule has 10 heteroatoms. The summed E-state index contributed by atoms with van der Waals surface area (Å²) in [5, 5.41) is 15.7. The predicted octanol–water partition coefficient (Wildman–Crippen LogP) is 0.932. The Kier molecular flexibility index (Phi) is 5.89. The van der Waals surface area contributed by atoms with Gasteiger partial charge in [0.1, 0.15) is 29.2 Å². The number of nitrogens with zero attached hydrogens (tertiary/aromatic N) is 3. The van der Waals surface area contributed by atoms with Crippen molar-refractivity contribution in [1.29, 1.82) is 5.26 Å². The molecule has 0 saturated carbocycles. The molecule has 33 heavy (non-hydrogen) atoms. The van der Waals surface area contributed by atoms with Crippen LogP contribution in [0.5, 0.6) is 0 Å². The van der Waals surface area contributed by atoms with Gasteiger partial charge in [0.2, 0.25) is 0 Å². The number of aromatic nitrogens is 2. The number of benzene rings is 2. The number of rotatable bonds is 5. The van der Waals surface area contributed by atoms with Crippen molar-refractivity contribution in [1.82, 2.24) is 20.6 Å². The highest BCUT2D eigenvalue weighted by Crippen LogP contribution is 2.25. The number of primary amides is 1. The van der Waals surface area contributed by atoms with Crippen LogP contribution >= 0.6 is 0 Å². The van der Waals surface area contributed by atoms with Crippen molar-refractivity contribution in [3.8, 4) is 6.07 Å². The number of carbonyl (C=O) groups is 3. The lowest BCUT2D eigenvalue weighted by atomic mass is 10.1. The number of hydrogen-bond acceptors (Lipinski definition) is 6. The zero-order valence-corrected chi connectivity index (χ0v) is 17.4. The number of hydrogen-bond donors (Lipinski definition) is 3. The van der Waals surface area contributed by atoms with Gasteiger partial charge in [0.05, 0.1) is 11.6 Å². The number of carbonyl (C=O) groups excluding carboxylic acids is 3. The van der Waals surface area contributed by atoms with E-state index in [4.69, 9.17) is 5.26 Å². The molecule has 0 saturated heterocycles. The largest absolute Gasteiger partial charge is 0.347 e. The summed E-state index contributed by atoms with van der Waals surface area (Å²) in [7, 11) is 0. The number of nitrogens with one attached hydrogen (secondary N) is 2. The summed E-state index contributed by atoms with van der Waals surface area (Å²) in [4.78, 5) is 45.4. The first-order valence-electron chi connectivity index (χ1n) is 9.94. The van der Waals surface area contributed by atoms with Crippen molar-refractivity contribution in [2.75, 3.05) is 0 Å². The molecule has 0 aliphatic carbocycles. The van der Waals surface area contributed by atoms with Crippen molar-refractivity contribution in [2.45, 2.75) is 19.5 Å². The van der Waals surface area contributed by atoms with E-state index in [2.05, 4.69) is 20.6 Å². The molecule has 1 aliphatic heterocycles. The van der Waals surface area contributed by atoms with Crippen LogP contribution in [0.3, 0.4) is 0 Å². The first kappa shape index (κ1) is 21.7. The maximum atomic E-state index is 13.4. The summed E-state index contributed by atoms with van der Waals surface area (Å²) >= 11 is 0. The lowest BCUT2D eigenvalue weighted by molar-refractivity contribution is -0.477. The lowest BCUT2D eigenvalue weighted by Crippen LogP contribution is -2.81. The Morgan fingerprint density at radius 2 is 1.88 bits per heavy atom. The van der Waals surface area contributed by atoms with Gasteiger partial charge in [-0.3, -0.25) is 9.59 Å². The topological polar surface area (TPSA) is 141 Å². The van der Waals surface area contributed by atoms with Crippen molar-refractivity contribution in [3.05, 3.63) is 88.3 Å². The van der Waals surface area contributed by atoms with Gasteiger partial charge in [-0.25, -0.2) is 24.5 Å². The molecule has 2 heterocycles. The molecule has 4 rings (SSSR count). The van der Waals surface area contributed by atoms with Crippen LogP contribution < -0.4 is 16.0 Å². The molecule has 9 nitrogen and oxygen atoms in total. The normalized spacial score (nSPS) is 14.3. The summed E-state index contributed by atoms with van der Waals surface area (Å²) < 4.78 is 13.4. The SMILES string of the molecule is Cc1cc(CNC(=O)c2cc(C(=O)NC3C(=O)[NH2+]c4cc(C#N)ccc43)ncn2)ccc1F. The van der Waals surface area contributed by atoms with Gasteiger partial charge < -0.3 is 10.6 Å². The van der Waals surface area contributed by atoms with Gasteiger partial charge in [0.15, 0.2) is 6.04 Å². The molecule has 164 valence electrons. The van der Waals surface area contributed by atoms with E-state index in [0.29, 0.717) is 27.9 Å². The summed E-state index contributed by atoms with van der Waals surface area (Å²) in [6.45, 7) is 1.78. The second kappa shape index (κ2) is 8.94. The van der Waals surface area contributed by atoms with E-state index in [1.165, 1.54) is 17.4 Å². The Bertz CT molecular complexity index is 1330. The van der Waals surface area contributed by atoms with Gasteiger partial charge >= 0.3 is 5.91 Å². The third-order valence-electron chi connectivity index (χ3n) is 5.19. The Balaban J connectivity index is 1.45. The zero-order chi connectivity index (χ0) is 23.5. The minimum Gasteiger partial charge on any atom is -0.347 e. The fraction of sp³-hybridized carbons (Fsp3) is 0.130. The fourth-order valence-electron chi connectivity index (χ4n) is 3.47. The highest BCUT2D eigenvalue weighted by molar-refractivity contribution is 5.99. The van der Waals surface area contributed by atoms with Crippen molar-refractivity contribution in [3.63, 3.8) is 0 Å². The molecule has 2 aromatic carbocycles. The van der Waals surface area contributed by atoms with E-state index in [1.807, 2.05) is 6.07 Å². The van der Waals surface area contributed by atoms with Gasteiger partial charge in [-0.1, -0.05) is 12.1 Å². The van der Waals surface area contributed by atoms with Gasteiger partial charge in [0, 0.05) is 24.2 Å². The fourth-order valence-corrected chi connectivity index (χ4v) is 3.47. The van der Waals surface area contributed by atoms with E-state index in [-0.39, 0.29) is 29.7 Å². The van der Waals surface area contributed by atoms with Gasteiger partial charge in [-0.15, -0.1) is 0 Å². The second-order valence-electron chi connectivity index (χ2n) is 7.46. The van der Waals surface area contributed by atoms with E-state index in [0.717, 1.165) is 6.33 Å². The highest BCUT2D eigenvalue weighted by atomic mass is 19.1. The standard InChI is InChI=1S/C23H17FN6O3/c1-12-6-14(3-5-16(12)24)10-26-21(31)18-8-19(28-11-27-18)22(32)30-20-15-4-2-13(9-25)7-17(15)29-23(20)33/h2-8,11,20H,10H2,1H3,(H,26,31)(H,29,33)(H,30,32)/p+1. The van der Waals surface area contributed by atoms with Crippen LogP contribution in [0.1, 0.15) is 49.3 Å². The Morgan fingerprint density at radius 1 is 1.12 bits per heavy atom. The van der Waals surface area contributed by atoms with E-state index in [9.17, 15) is 18.8 Å². The van der Waals surface area contributed by atoms with Crippen LogP contribution in [-0.4, -0.2) is 27.7 Å². The number of fused-ring (bicyclic) bond motifs is 1. The van der Waals surface area contributed by atoms with Gasteiger partial charge in [-0.05, 0) is 36.2 Å². The molecular formula is C23H18FN6O3+. The van der Waals surface area contributed by atoms with Crippen molar-refractivity contribution in [2.24, 2.45) is 0 Å². The van der Waals surface area contributed by atoms with Crippen LogP contribution in [0.2, 0.25) is 0 Å². The quantitative estimate of drug-likeness (QED) is 0.499. The number of amides is 3. The van der Waals surface area contributed by atoms with Crippen LogP contribution in [0, 0.1) is 24.1 Å². The number of aryl methyl sites for hydroxylation is 1. The molecule has 1 unspecified atom stereocenters. The zero-order valence-electron chi connectivity index (χ0n) is 17.4. The molecule has 1 atom stereocenters. The van der Waals surface area contributed by atoms with Crippen LogP contribution in [0.25, 0.3) is 0 Å². The second-order valence-corrected chi connectivity index (χ2v) is 7.46. The molecule has 1 aliphatic rings. The molecule has 3 aromatic rings. The summed E-state index contributed by atoms with van der Waals surface area (Å²) in [5.41, 5.74) is 2.62. The highest BCUT2D eigenvalue weighted by Gasteiger charge is 2.37. The van der Waals surface area contributed by atoms with Crippen molar-refractivity contribution < 1.29 is 24.1 Å². The summed E-state index contributed by atoms with van der Waals surface area (Å²) in [6.07, 6.45) is 1.08. The average molecular weight is 445 g/mol. The smallest absolute Gasteiger partial charge is 0.342 e. The van der Waals surface area contributed by atoms with Crippen molar-refractivity contribution >= 4 is 23.4 Å². The van der Waals surface area contributed by atoms with Crippen LogP contribution in [0.4, 0.5) is 10.1 Å². The summed E-state index contributed by atoms with van der Waals surface area (Å²) in [6, 6.07) is 11.6. The van der Waals surface area contributed by atoms with Crippen LogP contribution in [0.15, 0.2) is 48.8 Å². The molecule has 0 radical (unpaired) electrons. The number of halogens is 1. The number of nitriles is 1. The number of nitrogens with two attached hydrogens (primary N) is 1. The minimum atomic E-state index is -0.908. The first-order chi connectivity index (χ1) is 15.9. The van der Waals surface area contributed by atoms with Gasteiger partial charge in [0.25, 0.3) is 11.8 Å². The van der Waals surface area contributed by atoms with Crippen LogP contribution in [-0.2, 0) is 11.3 Å². The van der Waals surface area contributed by atoms with E-state index in [1.54, 1.807) is 37.3 Å². The first-order valence-corrected chi connectivity index (χ1v) is 9.94. The molecule has 1 aromatic heterocycles. The molecule has 0 fully saturated rings. The van der Waals surface area contributed by atoms with E-state index < -0.39 is 17.9 Å². The number of quaternary nitrogens is 1. The molecule has 3 amide bonds. The Hall–Kier alpha value is -4.49. The van der Waals surface area contributed by atoms with Gasteiger partial charge in [-0.2, -0.15) is 5.26 Å². The Labute approximate surface area is 187 Å². The van der Waals surface area contributed by atoms with E-state index >= 15 is 0 Å². The third-order valence-corrected chi connectivity index (χ3v) is 5.19. The molecule has 0 bridgehead atoms. The minimum absolute atomic E-state index is 0.0302. The molecule has 0 spiro atoms. The molecule has 4 N–H and O–H groups in total.